The molecule has 2 N–H and O–H groups in total. The minimum absolute atomic E-state index is 0.00807. The molecule has 2 fully saturated rings. The first-order valence-electron chi connectivity index (χ1n) is 7.74. The summed E-state index contributed by atoms with van der Waals surface area (Å²) in [6, 6.07) is 0. The average Bonchev–Trinajstić information content (AvgIpc) is 2.38. The van der Waals surface area contributed by atoms with Gasteiger partial charge in [-0.05, 0) is 55.3 Å². The highest BCUT2D eigenvalue weighted by atomic mass is 16.3. The van der Waals surface area contributed by atoms with Crippen LogP contribution in [0.4, 0.5) is 0 Å². The van der Waals surface area contributed by atoms with Crippen molar-refractivity contribution in [2.75, 3.05) is 0 Å². The Hall–Kier alpha value is -0.0800. The lowest BCUT2D eigenvalue weighted by Gasteiger charge is -2.55. The molecule has 0 bridgehead atoms. The Morgan fingerprint density at radius 3 is 1.61 bits per heavy atom. The van der Waals surface area contributed by atoms with Gasteiger partial charge in [0.2, 0.25) is 0 Å². The topological polar surface area (TPSA) is 40.5 Å². The van der Waals surface area contributed by atoms with E-state index in [9.17, 15) is 10.2 Å². The van der Waals surface area contributed by atoms with Crippen LogP contribution in [0, 0.1) is 22.7 Å². The van der Waals surface area contributed by atoms with E-state index in [1.165, 1.54) is 12.8 Å². The summed E-state index contributed by atoms with van der Waals surface area (Å²) in [5, 5.41) is 21.5. The Morgan fingerprint density at radius 1 is 0.889 bits per heavy atom. The summed E-state index contributed by atoms with van der Waals surface area (Å²) >= 11 is 0. The van der Waals surface area contributed by atoms with Gasteiger partial charge in [0.05, 0.1) is 12.2 Å². The van der Waals surface area contributed by atoms with Crippen LogP contribution in [0.2, 0.25) is 0 Å². The second-order valence-corrected chi connectivity index (χ2v) is 7.32. The van der Waals surface area contributed by atoms with Crippen LogP contribution in [0.25, 0.3) is 0 Å². The minimum atomic E-state index is -0.331. The molecule has 2 heteroatoms. The molecular weight excluding hydrogens is 224 g/mol. The Bertz CT molecular complexity index is 275. The molecule has 0 amide bonds. The summed E-state index contributed by atoms with van der Waals surface area (Å²) in [4.78, 5) is 0. The molecule has 0 saturated heterocycles. The summed E-state index contributed by atoms with van der Waals surface area (Å²) in [6.07, 6.45) is 5.94. The molecule has 0 heterocycles. The van der Waals surface area contributed by atoms with Crippen molar-refractivity contribution in [2.24, 2.45) is 22.7 Å². The van der Waals surface area contributed by atoms with Crippen LogP contribution in [0.5, 0.6) is 0 Å². The van der Waals surface area contributed by atoms with E-state index < -0.39 is 0 Å². The van der Waals surface area contributed by atoms with E-state index in [0.29, 0.717) is 5.92 Å². The van der Waals surface area contributed by atoms with Crippen LogP contribution in [-0.2, 0) is 0 Å². The zero-order valence-electron chi connectivity index (χ0n) is 12.4. The number of rotatable bonds is 2. The highest BCUT2D eigenvalue weighted by molar-refractivity contribution is 5.03. The van der Waals surface area contributed by atoms with Gasteiger partial charge in [0, 0.05) is 5.92 Å². The van der Waals surface area contributed by atoms with Gasteiger partial charge >= 0.3 is 0 Å². The van der Waals surface area contributed by atoms with Gasteiger partial charge in [-0.3, -0.25) is 0 Å². The summed E-state index contributed by atoms with van der Waals surface area (Å²) < 4.78 is 0. The molecule has 2 saturated carbocycles. The standard InChI is InChI=1S/C16H30O2/c1-5-15(3)9-7-11-8-10-16(4,6-2)14(18)12(11)13(15)17/h11-14,17-18H,5-10H2,1-4H3/t11?,12?,13?,14?,15-,16-/m0/s1. The molecule has 0 radical (unpaired) electrons. The molecule has 106 valence electrons. The fourth-order valence-electron chi connectivity index (χ4n) is 4.24. The Morgan fingerprint density at radius 2 is 1.28 bits per heavy atom. The third-order valence-corrected chi connectivity index (χ3v) is 6.49. The van der Waals surface area contributed by atoms with Crippen molar-refractivity contribution in [1.29, 1.82) is 0 Å². The van der Waals surface area contributed by atoms with Gasteiger partial charge in [0.25, 0.3) is 0 Å². The fraction of sp³-hybridized carbons (Fsp3) is 1.00. The van der Waals surface area contributed by atoms with Crippen LogP contribution in [-0.4, -0.2) is 22.4 Å². The van der Waals surface area contributed by atoms with Gasteiger partial charge in [-0.2, -0.15) is 0 Å². The van der Waals surface area contributed by atoms with Crippen molar-refractivity contribution in [3.63, 3.8) is 0 Å². The van der Waals surface area contributed by atoms with E-state index in [2.05, 4.69) is 27.7 Å². The zero-order valence-corrected chi connectivity index (χ0v) is 12.4. The van der Waals surface area contributed by atoms with Crippen molar-refractivity contribution in [3.05, 3.63) is 0 Å². The minimum Gasteiger partial charge on any atom is -0.392 e. The highest BCUT2D eigenvalue weighted by Gasteiger charge is 2.53. The van der Waals surface area contributed by atoms with Crippen LogP contribution >= 0.6 is 0 Å². The van der Waals surface area contributed by atoms with Gasteiger partial charge in [0.15, 0.2) is 0 Å². The molecule has 2 unspecified atom stereocenters. The van der Waals surface area contributed by atoms with E-state index in [-0.39, 0.29) is 29.0 Å². The second kappa shape index (κ2) is 4.79. The number of hydrogen-bond donors (Lipinski definition) is 2. The SMILES string of the molecule is CC[C@@]1(C)CCC2CC[C@](C)(CC)C(O)C2C1O. The molecule has 0 aromatic rings. The quantitative estimate of drug-likeness (QED) is 0.793. The second-order valence-electron chi connectivity index (χ2n) is 7.32. The third kappa shape index (κ3) is 2.02. The lowest BCUT2D eigenvalue weighted by Crippen LogP contribution is -2.57. The van der Waals surface area contributed by atoms with E-state index >= 15 is 0 Å². The first-order valence-corrected chi connectivity index (χ1v) is 7.74. The smallest absolute Gasteiger partial charge is 0.0649 e. The average molecular weight is 254 g/mol. The summed E-state index contributed by atoms with van der Waals surface area (Å²) in [5.41, 5.74) is 0.0161. The highest BCUT2D eigenvalue weighted by Crippen LogP contribution is 2.54. The molecule has 2 aliphatic carbocycles. The number of aliphatic hydroxyl groups excluding tert-OH is 2. The predicted molar refractivity (Wildman–Crippen MR) is 74.3 cm³/mol. The zero-order chi connectivity index (χ0) is 13.6. The lowest BCUT2D eigenvalue weighted by molar-refractivity contribution is -0.168. The van der Waals surface area contributed by atoms with Crippen molar-refractivity contribution in [2.45, 2.75) is 78.4 Å². The maximum atomic E-state index is 10.8. The Labute approximate surface area is 112 Å². The maximum Gasteiger partial charge on any atom is 0.0649 e. The molecule has 0 aliphatic heterocycles. The molecule has 2 nitrogen and oxygen atoms in total. The summed E-state index contributed by atoms with van der Waals surface area (Å²) in [6.45, 7) is 8.71. The van der Waals surface area contributed by atoms with Crippen molar-refractivity contribution >= 4 is 0 Å². The molecule has 2 aliphatic rings. The van der Waals surface area contributed by atoms with Crippen LogP contribution < -0.4 is 0 Å². The fourth-order valence-corrected chi connectivity index (χ4v) is 4.24. The molecular formula is C16H30O2. The first-order chi connectivity index (χ1) is 8.38. The number of hydrogen-bond acceptors (Lipinski definition) is 2. The molecule has 0 aromatic heterocycles. The van der Waals surface area contributed by atoms with Crippen LogP contribution in [0.1, 0.15) is 66.2 Å². The van der Waals surface area contributed by atoms with E-state index in [0.717, 1.165) is 25.7 Å². The maximum absolute atomic E-state index is 10.8. The van der Waals surface area contributed by atoms with Gasteiger partial charge in [-0.15, -0.1) is 0 Å². The molecule has 2 rings (SSSR count). The molecule has 0 spiro atoms. The van der Waals surface area contributed by atoms with Crippen LogP contribution in [0.3, 0.4) is 0 Å². The number of fused-ring (bicyclic) bond motifs is 1. The van der Waals surface area contributed by atoms with Crippen molar-refractivity contribution < 1.29 is 10.2 Å². The largest absolute Gasteiger partial charge is 0.392 e. The van der Waals surface area contributed by atoms with Crippen molar-refractivity contribution in [1.82, 2.24) is 0 Å². The molecule has 0 aromatic carbocycles. The molecule has 4 atom stereocenters. The first kappa shape index (κ1) is 14.3. The van der Waals surface area contributed by atoms with E-state index in [1.807, 2.05) is 0 Å². The summed E-state index contributed by atoms with van der Waals surface area (Å²) in [7, 11) is 0. The van der Waals surface area contributed by atoms with E-state index in [4.69, 9.17) is 0 Å². The van der Waals surface area contributed by atoms with Gasteiger partial charge < -0.3 is 10.2 Å². The predicted octanol–water partition coefficient (Wildman–Crippen LogP) is 3.36. The monoisotopic (exact) mass is 254 g/mol. The van der Waals surface area contributed by atoms with Gasteiger partial charge in [0.1, 0.15) is 0 Å². The number of aliphatic hydroxyl groups is 2. The Kier molecular flexibility index (Phi) is 3.81. The normalized spacial score (nSPS) is 53.0. The summed E-state index contributed by atoms with van der Waals surface area (Å²) in [5.74, 6) is 0.636. The molecule has 18 heavy (non-hydrogen) atoms. The van der Waals surface area contributed by atoms with E-state index in [1.54, 1.807) is 0 Å². The van der Waals surface area contributed by atoms with Gasteiger partial charge in [-0.25, -0.2) is 0 Å². The van der Waals surface area contributed by atoms with Crippen molar-refractivity contribution in [3.8, 4) is 0 Å². The Balaban J connectivity index is 2.25. The van der Waals surface area contributed by atoms with Gasteiger partial charge in [-0.1, -0.05) is 27.7 Å². The van der Waals surface area contributed by atoms with Crippen LogP contribution in [0.15, 0.2) is 0 Å². The third-order valence-electron chi connectivity index (χ3n) is 6.49. The lowest BCUT2D eigenvalue weighted by atomic mass is 9.53.